The van der Waals surface area contributed by atoms with Gasteiger partial charge in [0.25, 0.3) is 0 Å². The van der Waals surface area contributed by atoms with Crippen molar-refractivity contribution >= 4 is 21.6 Å². The highest BCUT2D eigenvalue weighted by molar-refractivity contribution is 9.10. The van der Waals surface area contributed by atoms with E-state index in [-0.39, 0.29) is 11.9 Å². The molecule has 0 aliphatic rings. The van der Waals surface area contributed by atoms with Gasteiger partial charge in [0, 0.05) is 10.5 Å². The first-order chi connectivity index (χ1) is 9.61. The van der Waals surface area contributed by atoms with Crippen LogP contribution < -0.4 is 10.1 Å². The Kier molecular flexibility index (Phi) is 5.01. The number of benzene rings is 2. The summed E-state index contributed by atoms with van der Waals surface area (Å²) >= 11 is 3.36. The van der Waals surface area contributed by atoms with Crippen LogP contribution in [0, 0.1) is 5.82 Å². The van der Waals surface area contributed by atoms with E-state index in [0.29, 0.717) is 12.3 Å². The minimum atomic E-state index is -0.267. The maximum atomic E-state index is 13.8. The van der Waals surface area contributed by atoms with Gasteiger partial charge >= 0.3 is 0 Å². The molecule has 0 bridgehead atoms. The maximum absolute atomic E-state index is 13.8. The number of nitrogens with one attached hydrogen (secondary N) is 1. The predicted octanol–water partition coefficient (Wildman–Crippen LogP) is 5.16. The summed E-state index contributed by atoms with van der Waals surface area (Å²) in [7, 11) is 0. The van der Waals surface area contributed by atoms with E-state index in [1.54, 1.807) is 6.07 Å². The van der Waals surface area contributed by atoms with Gasteiger partial charge in [0.05, 0.1) is 12.3 Å². The van der Waals surface area contributed by atoms with Gasteiger partial charge in [-0.1, -0.05) is 18.2 Å². The molecular weight excluding hydrogens is 321 g/mol. The molecule has 1 N–H and O–H groups in total. The van der Waals surface area contributed by atoms with Crippen LogP contribution in [-0.2, 0) is 0 Å². The third kappa shape index (κ3) is 3.51. The van der Waals surface area contributed by atoms with E-state index in [0.717, 1.165) is 15.8 Å². The lowest BCUT2D eigenvalue weighted by atomic mass is 10.1. The van der Waals surface area contributed by atoms with E-state index >= 15 is 0 Å². The van der Waals surface area contributed by atoms with Gasteiger partial charge in [-0.15, -0.1) is 0 Å². The zero-order chi connectivity index (χ0) is 14.5. The molecule has 2 aromatic rings. The van der Waals surface area contributed by atoms with Crippen LogP contribution >= 0.6 is 15.9 Å². The van der Waals surface area contributed by atoms with Gasteiger partial charge in [-0.2, -0.15) is 0 Å². The third-order valence-corrected chi connectivity index (χ3v) is 3.68. The lowest BCUT2D eigenvalue weighted by Gasteiger charge is -2.17. The third-order valence-electron chi connectivity index (χ3n) is 3.01. The van der Waals surface area contributed by atoms with Gasteiger partial charge in [0.1, 0.15) is 11.6 Å². The Morgan fingerprint density at radius 3 is 2.50 bits per heavy atom. The van der Waals surface area contributed by atoms with Crippen molar-refractivity contribution < 1.29 is 9.13 Å². The van der Waals surface area contributed by atoms with Crippen molar-refractivity contribution in [1.82, 2.24) is 0 Å². The average Bonchev–Trinajstić information content (AvgIpc) is 2.44. The fourth-order valence-corrected chi connectivity index (χ4v) is 2.41. The van der Waals surface area contributed by atoms with Crippen molar-refractivity contribution in [2.75, 3.05) is 11.9 Å². The Bertz CT molecular complexity index is 551. The summed E-state index contributed by atoms with van der Waals surface area (Å²) < 4.78 is 19.9. The molecule has 1 atom stereocenters. The van der Waals surface area contributed by atoms with Gasteiger partial charge in [-0.05, 0) is 59.6 Å². The molecule has 106 valence electrons. The lowest BCUT2D eigenvalue weighted by Crippen LogP contribution is -2.08. The number of hydrogen-bond donors (Lipinski definition) is 1. The van der Waals surface area contributed by atoms with Crippen LogP contribution in [0.4, 0.5) is 10.1 Å². The fraction of sp³-hybridized carbons (Fsp3) is 0.250. The highest BCUT2D eigenvalue weighted by Crippen LogP contribution is 2.29. The van der Waals surface area contributed by atoms with Crippen LogP contribution in [0.15, 0.2) is 46.9 Å². The molecule has 0 saturated heterocycles. The number of hydrogen-bond acceptors (Lipinski definition) is 2. The predicted molar refractivity (Wildman–Crippen MR) is 83.7 cm³/mol. The topological polar surface area (TPSA) is 21.3 Å². The zero-order valence-corrected chi connectivity index (χ0v) is 13.1. The molecule has 0 saturated carbocycles. The SMILES string of the molecule is CCOc1ccc(C(C)Nc2c(F)cccc2Br)cc1. The second kappa shape index (κ2) is 6.75. The molecule has 0 heterocycles. The van der Waals surface area contributed by atoms with Crippen LogP contribution in [0.2, 0.25) is 0 Å². The first kappa shape index (κ1) is 14.9. The largest absolute Gasteiger partial charge is 0.494 e. The van der Waals surface area contributed by atoms with Gasteiger partial charge in [0.2, 0.25) is 0 Å². The van der Waals surface area contributed by atoms with Crippen molar-refractivity contribution in [2.24, 2.45) is 0 Å². The zero-order valence-electron chi connectivity index (χ0n) is 11.5. The normalized spacial score (nSPS) is 12.0. The summed E-state index contributed by atoms with van der Waals surface area (Å²) in [6.45, 7) is 4.59. The Hall–Kier alpha value is -1.55. The molecule has 1 unspecified atom stereocenters. The average molecular weight is 338 g/mol. The van der Waals surface area contributed by atoms with Crippen molar-refractivity contribution in [3.05, 3.63) is 58.3 Å². The summed E-state index contributed by atoms with van der Waals surface area (Å²) in [6.07, 6.45) is 0. The molecule has 20 heavy (non-hydrogen) atoms. The molecule has 0 aromatic heterocycles. The molecule has 0 aliphatic heterocycles. The summed E-state index contributed by atoms with van der Waals surface area (Å²) in [5.74, 6) is 0.577. The lowest BCUT2D eigenvalue weighted by molar-refractivity contribution is 0.340. The Labute approximate surface area is 127 Å². The molecule has 0 amide bonds. The molecule has 4 heteroatoms. The molecule has 0 fully saturated rings. The summed E-state index contributed by atoms with van der Waals surface area (Å²) in [5.41, 5.74) is 1.55. The van der Waals surface area contributed by atoms with Gasteiger partial charge in [0.15, 0.2) is 0 Å². The number of anilines is 1. The van der Waals surface area contributed by atoms with Crippen molar-refractivity contribution in [3.63, 3.8) is 0 Å². The van der Waals surface area contributed by atoms with E-state index in [4.69, 9.17) is 4.74 Å². The smallest absolute Gasteiger partial charge is 0.147 e. The molecule has 2 aromatic carbocycles. The molecule has 2 nitrogen and oxygen atoms in total. The van der Waals surface area contributed by atoms with Gasteiger partial charge < -0.3 is 10.1 Å². The molecule has 2 rings (SSSR count). The van der Waals surface area contributed by atoms with Crippen LogP contribution in [-0.4, -0.2) is 6.61 Å². The van der Waals surface area contributed by atoms with Crippen LogP contribution in [0.1, 0.15) is 25.5 Å². The van der Waals surface area contributed by atoms with Crippen molar-refractivity contribution in [2.45, 2.75) is 19.9 Å². The number of ether oxygens (including phenoxy) is 1. The number of para-hydroxylation sites is 1. The van der Waals surface area contributed by atoms with Crippen molar-refractivity contribution in [1.29, 1.82) is 0 Å². The maximum Gasteiger partial charge on any atom is 0.147 e. The minimum absolute atomic E-state index is 0.00104. The Balaban J connectivity index is 2.13. The highest BCUT2D eigenvalue weighted by Gasteiger charge is 2.11. The quantitative estimate of drug-likeness (QED) is 0.813. The Morgan fingerprint density at radius 2 is 1.90 bits per heavy atom. The van der Waals surface area contributed by atoms with Crippen molar-refractivity contribution in [3.8, 4) is 5.75 Å². The van der Waals surface area contributed by atoms with Crippen LogP contribution in [0.3, 0.4) is 0 Å². The molecular formula is C16H17BrFNO. The van der Waals surface area contributed by atoms with E-state index in [1.165, 1.54) is 6.07 Å². The minimum Gasteiger partial charge on any atom is -0.494 e. The fourth-order valence-electron chi connectivity index (χ4n) is 1.95. The second-order valence-corrected chi connectivity index (χ2v) is 5.32. The van der Waals surface area contributed by atoms with E-state index < -0.39 is 0 Å². The summed E-state index contributed by atoms with van der Waals surface area (Å²) in [5, 5.41) is 3.18. The second-order valence-electron chi connectivity index (χ2n) is 4.46. The number of rotatable bonds is 5. The monoisotopic (exact) mass is 337 g/mol. The van der Waals surface area contributed by atoms with E-state index in [2.05, 4.69) is 21.2 Å². The molecule has 0 radical (unpaired) electrons. The van der Waals surface area contributed by atoms with Crippen LogP contribution in [0.25, 0.3) is 0 Å². The van der Waals surface area contributed by atoms with E-state index in [9.17, 15) is 4.39 Å². The highest BCUT2D eigenvalue weighted by atomic mass is 79.9. The number of halogens is 2. The summed E-state index contributed by atoms with van der Waals surface area (Å²) in [6, 6.07) is 12.7. The first-order valence-corrected chi connectivity index (χ1v) is 7.34. The van der Waals surface area contributed by atoms with E-state index in [1.807, 2.05) is 44.2 Å². The molecule has 0 spiro atoms. The van der Waals surface area contributed by atoms with Gasteiger partial charge in [-0.25, -0.2) is 4.39 Å². The Morgan fingerprint density at radius 1 is 1.20 bits per heavy atom. The van der Waals surface area contributed by atoms with Gasteiger partial charge in [-0.3, -0.25) is 0 Å². The van der Waals surface area contributed by atoms with Crippen LogP contribution in [0.5, 0.6) is 5.75 Å². The summed E-state index contributed by atoms with van der Waals surface area (Å²) in [4.78, 5) is 0. The first-order valence-electron chi connectivity index (χ1n) is 6.55. The standard InChI is InChI=1S/C16H17BrFNO/c1-3-20-13-9-7-12(8-10-13)11(2)19-16-14(17)5-4-6-15(16)18/h4-11,19H,3H2,1-2H3. The molecule has 0 aliphatic carbocycles.